The van der Waals surface area contributed by atoms with E-state index in [1.165, 1.54) is 0 Å². The summed E-state index contributed by atoms with van der Waals surface area (Å²) in [4.78, 5) is 12.4. The number of hydrogen-bond donors (Lipinski definition) is 1. The summed E-state index contributed by atoms with van der Waals surface area (Å²) in [5.74, 6) is 1.10. The summed E-state index contributed by atoms with van der Waals surface area (Å²) in [7, 11) is 0. The molecule has 0 fully saturated rings. The van der Waals surface area contributed by atoms with Crippen LogP contribution in [0.3, 0.4) is 0 Å². The molecule has 0 radical (unpaired) electrons. The highest BCUT2D eigenvalue weighted by Gasteiger charge is 2.28. The molecule has 2 heterocycles. The largest absolute Gasteiger partial charge is 0.485 e. The number of benzene rings is 2. The van der Waals surface area contributed by atoms with Crippen LogP contribution in [-0.4, -0.2) is 23.8 Å². The molecule has 2 aromatic carbocycles. The van der Waals surface area contributed by atoms with E-state index in [2.05, 4.69) is 10.5 Å². The number of hydrogen-bond acceptors (Lipinski definition) is 5. The molecule has 0 bridgehead atoms. The van der Waals surface area contributed by atoms with Crippen LogP contribution < -0.4 is 14.8 Å². The lowest BCUT2D eigenvalue weighted by Crippen LogP contribution is -2.40. The maximum absolute atomic E-state index is 12.4. The van der Waals surface area contributed by atoms with Crippen molar-refractivity contribution in [1.82, 2.24) is 5.16 Å². The van der Waals surface area contributed by atoms with Crippen molar-refractivity contribution in [1.29, 1.82) is 0 Å². The molecular weight excluding hydrogens is 320 g/mol. The van der Waals surface area contributed by atoms with Gasteiger partial charge < -0.3 is 14.0 Å². The molecule has 25 heavy (non-hydrogen) atoms. The average molecular weight is 336 g/mol. The van der Waals surface area contributed by atoms with Crippen LogP contribution in [0.4, 0.5) is 5.88 Å². The quantitative estimate of drug-likeness (QED) is 0.793. The van der Waals surface area contributed by atoms with Gasteiger partial charge in [0.05, 0.1) is 0 Å². The van der Waals surface area contributed by atoms with Gasteiger partial charge in [0.2, 0.25) is 12.0 Å². The topological polar surface area (TPSA) is 73.6 Å². The molecule has 1 unspecified atom stereocenters. The number of para-hydroxylation sites is 2. The number of anilines is 1. The van der Waals surface area contributed by atoms with Gasteiger partial charge in [-0.25, -0.2) is 0 Å². The van der Waals surface area contributed by atoms with Gasteiger partial charge in [0.25, 0.3) is 5.91 Å². The predicted molar refractivity (Wildman–Crippen MR) is 91.7 cm³/mol. The Morgan fingerprint density at radius 2 is 1.88 bits per heavy atom. The van der Waals surface area contributed by atoms with E-state index >= 15 is 0 Å². The summed E-state index contributed by atoms with van der Waals surface area (Å²) in [6.07, 6.45) is -0.747. The lowest BCUT2D eigenvalue weighted by atomic mass is 10.1. The molecular formula is C19H16N2O4. The molecule has 1 aliphatic heterocycles. The second-order valence-electron chi connectivity index (χ2n) is 5.80. The van der Waals surface area contributed by atoms with E-state index in [0.29, 0.717) is 17.2 Å². The summed E-state index contributed by atoms with van der Waals surface area (Å²) < 4.78 is 16.4. The maximum atomic E-state index is 12.4. The first-order chi connectivity index (χ1) is 12.2. The molecule has 1 N–H and O–H groups in total. The van der Waals surface area contributed by atoms with E-state index in [1.54, 1.807) is 18.2 Å². The SMILES string of the molecule is Cc1ccc(-c2cc(NC(=O)C3COc4ccccc4O3)on2)cc1. The number of nitrogens with one attached hydrogen (secondary N) is 1. The van der Waals surface area contributed by atoms with E-state index in [9.17, 15) is 4.79 Å². The van der Waals surface area contributed by atoms with Gasteiger partial charge in [-0.15, -0.1) is 0 Å². The Kier molecular flexibility index (Phi) is 3.85. The lowest BCUT2D eigenvalue weighted by molar-refractivity contribution is -0.125. The van der Waals surface area contributed by atoms with Crippen molar-refractivity contribution >= 4 is 11.8 Å². The molecule has 0 spiro atoms. The summed E-state index contributed by atoms with van der Waals surface area (Å²) in [5.41, 5.74) is 2.73. The van der Waals surface area contributed by atoms with Crippen molar-refractivity contribution in [3.8, 4) is 22.8 Å². The van der Waals surface area contributed by atoms with Crippen LogP contribution in [0.15, 0.2) is 59.1 Å². The van der Waals surface area contributed by atoms with Gasteiger partial charge in [0, 0.05) is 11.6 Å². The first-order valence-electron chi connectivity index (χ1n) is 7.92. The van der Waals surface area contributed by atoms with Crippen LogP contribution in [0, 0.1) is 6.92 Å². The fraction of sp³-hybridized carbons (Fsp3) is 0.158. The molecule has 6 heteroatoms. The second-order valence-corrected chi connectivity index (χ2v) is 5.80. The maximum Gasteiger partial charge on any atom is 0.271 e. The minimum Gasteiger partial charge on any atom is -0.485 e. The fourth-order valence-corrected chi connectivity index (χ4v) is 2.55. The predicted octanol–water partition coefficient (Wildman–Crippen LogP) is 3.43. The molecule has 1 aliphatic rings. The zero-order valence-electron chi connectivity index (χ0n) is 13.6. The third kappa shape index (κ3) is 3.19. The summed E-state index contributed by atoms with van der Waals surface area (Å²) >= 11 is 0. The molecule has 1 aromatic heterocycles. The number of amides is 1. The van der Waals surface area contributed by atoms with E-state index < -0.39 is 6.10 Å². The minimum absolute atomic E-state index is 0.141. The molecule has 0 saturated carbocycles. The minimum atomic E-state index is -0.747. The standard InChI is InChI=1S/C19H16N2O4/c1-12-6-8-13(9-7-12)14-10-18(25-21-14)20-19(22)17-11-23-15-4-2-3-5-16(15)24-17/h2-10,17H,11H2,1H3,(H,20,22). The van der Waals surface area contributed by atoms with Gasteiger partial charge in [0.1, 0.15) is 12.3 Å². The smallest absolute Gasteiger partial charge is 0.271 e. The highest BCUT2D eigenvalue weighted by atomic mass is 16.6. The summed E-state index contributed by atoms with van der Waals surface area (Å²) in [6.45, 7) is 2.16. The van der Waals surface area contributed by atoms with Crippen molar-refractivity contribution in [3.05, 3.63) is 60.2 Å². The molecule has 1 atom stereocenters. The number of aromatic nitrogens is 1. The monoisotopic (exact) mass is 336 g/mol. The van der Waals surface area contributed by atoms with Gasteiger partial charge >= 0.3 is 0 Å². The van der Waals surface area contributed by atoms with Crippen molar-refractivity contribution in [2.75, 3.05) is 11.9 Å². The first-order valence-corrected chi connectivity index (χ1v) is 7.92. The third-order valence-electron chi connectivity index (χ3n) is 3.90. The van der Waals surface area contributed by atoms with E-state index in [-0.39, 0.29) is 18.4 Å². The highest BCUT2D eigenvalue weighted by molar-refractivity contribution is 5.94. The second kappa shape index (κ2) is 6.32. The van der Waals surface area contributed by atoms with Crippen LogP contribution in [0.5, 0.6) is 11.5 Å². The Balaban J connectivity index is 1.44. The number of nitrogens with zero attached hydrogens (tertiary/aromatic N) is 1. The Morgan fingerprint density at radius 3 is 2.68 bits per heavy atom. The van der Waals surface area contributed by atoms with Crippen molar-refractivity contribution in [2.45, 2.75) is 13.0 Å². The number of aryl methyl sites for hydroxylation is 1. The molecule has 3 aromatic rings. The van der Waals surface area contributed by atoms with E-state index in [4.69, 9.17) is 14.0 Å². The van der Waals surface area contributed by atoms with Crippen molar-refractivity contribution in [2.24, 2.45) is 0 Å². The zero-order chi connectivity index (χ0) is 17.2. The van der Waals surface area contributed by atoms with Crippen molar-refractivity contribution in [3.63, 3.8) is 0 Å². The van der Waals surface area contributed by atoms with Gasteiger partial charge in [-0.1, -0.05) is 47.1 Å². The summed E-state index contributed by atoms with van der Waals surface area (Å²) in [5, 5.41) is 6.66. The van der Waals surface area contributed by atoms with Crippen LogP contribution in [0.2, 0.25) is 0 Å². The normalized spacial score (nSPS) is 15.6. The Labute approximate surface area is 144 Å². The van der Waals surface area contributed by atoms with Gasteiger partial charge in [-0.2, -0.15) is 0 Å². The van der Waals surface area contributed by atoms with Crippen molar-refractivity contribution < 1.29 is 18.8 Å². The summed E-state index contributed by atoms with van der Waals surface area (Å²) in [6, 6.07) is 16.8. The van der Waals surface area contributed by atoms with Crippen LogP contribution in [-0.2, 0) is 4.79 Å². The Hall–Kier alpha value is -3.28. The number of fused-ring (bicyclic) bond motifs is 1. The van der Waals surface area contributed by atoms with E-state index in [0.717, 1.165) is 11.1 Å². The van der Waals surface area contributed by atoms with Crippen LogP contribution >= 0.6 is 0 Å². The number of ether oxygens (including phenoxy) is 2. The van der Waals surface area contributed by atoms with Gasteiger partial charge in [-0.3, -0.25) is 10.1 Å². The van der Waals surface area contributed by atoms with Gasteiger partial charge in [0.15, 0.2) is 11.5 Å². The van der Waals surface area contributed by atoms with E-state index in [1.807, 2.05) is 43.3 Å². The Bertz CT molecular complexity index is 902. The molecule has 0 aliphatic carbocycles. The number of carbonyl (C=O) groups excluding carboxylic acids is 1. The van der Waals surface area contributed by atoms with Crippen LogP contribution in [0.1, 0.15) is 5.56 Å². The zero-order valence-corrected chi connectivity index (χ0v) is 13.6. The van der Waals surface area contributed by atoms with Gasteiger partial charge in [-0.05, 0) is 19.1 Å². The third-order valence-corrected chi connectivity index (χ3v) is 3.90. The molecule has 0 saturated heterocycles. The Morgan fingerprint density at radius 1 is 1.12 bits per heavy atom. The molecule has 6 nitrogen and oxygen atoms in total. The number of rotatable bonds is 3. The van der Waals surface area contributed by atoms with Crippen LogP contribution in [0.25, 0.3) is 11.3 Å². The average Bonchev–Trinajstić information content (AvgIpc) is 3.10. The first kappa shape index (κ1) is 15.3. The fourth-order valence-electron chi connectivity index (χ4n) is 2.55. The lowest BCUT2D eigenvalue weighted by Gasteiger charge is -2.25. The number of carbonyl (C=O) groups is 1. The highest BCUT2D eigenvalue weighted by Crippen LogP contribution is 2.31. The molecule has 126 valence electrons. The molecule has 1 amide bonds. The molecule has 4 rings (SSSR count).